The number of nitrogen functional groups attached to an aromatic ring is 1. The van der Waals surface area contributed by atoms with Crippen molar-refractivity contribution in [3.8, 4) is 0 Å². The highest BCUT2D eigenvalue weighted by Crippen LogP contribution is 2.30. The number of nitrogens with one attached hydrogen (secondary N) is 1. The van der Waals surface area contributed by atoms with E-state index in [1.54, 1.807) is 12.3 Å². The van der Waals surface area contributed by atoms with Crippen LogP contribution in [-0.4, -0.2) is 53.4 Å². The van der Waals surface area contributed by atoms with Crippen LogP contribution in [0.5, 0.6) is 0 Å². The molecule has 2 heterocycles. The molecular formula is C15H23N5O. The molecule has 1 aliphatic heterocycles. The van der Waals surface area contributed by atoms with Gasteiger partial charge in [-0.05, 0) is 31.7 Å². The van der Waals surface area contributed by atoms with Crippen LogP contribution in [-0.2, 0) is 0 Å². The molecule has 1 saturated heterocycles. The van der Waals surface area contributed by atoms with Crippen molar-refractivity contribution in [3.05, 3.63) is 23.5 Å². The van der Waals surface area contributed by atoms with Gasteiger partial charge in [-0.3, -0.25) is 20.5 Å². The number of amides is 1. The number of piperazine rings is 1. The fraction of sp³-hybridized carbons (Fsp3) is 0.600. The predicted molar refractivity (Wildman–Crippen MR) is 81.9 cm³/mol. The Morgan fingerprint density at radius 2 is 2.10 bits per heavy atom. The van der Waals surface area contributed by atoms with Crippen LogP contribution in [0, 0.1) is 12.8 Å². The zero-order chi connectivity index (χ0) is 14.8. The smallest absolute Gasteiger partial charge is 0.257 e. The number of aryl methyl sites for hydroxylation is 1. The molecule has 1 amide bonds. The molecule has 21 heavy (non-hydrogen) atoms. The second kappa shape index (κ2) is 5.99. The summed E-state index contributed by atoms with van der Waals surface area (Å²) in [6.45, 7) is 6.57. The number of carbonyl (C=O) groups excluding carboxylic acids is 1. The quantitative estimate of drug-likeness (QED) is 0.635. The van der Waals surface area contributed by atoms with Gasteiger partial charge in [0.05, 0.1) is 11.3 Å². The molecule has 2 aliphatic rings. The molecule has 0 unspecified atom stereocenters. The monoisotopic (exact) mass is 289 g/mol. The Labute approximate surface area is 125 Å². The first-order chi connectivity index (χ1) is 10.2. The number of nitrogens with two attached hydrogens (primary N) is 1. The van der Waals surface area contributed by atoms with Gasteiger partial charge in [0.15, 0.2) is 0 Å². The Hall–Kier alpha value is -1.66. The van der Waals surface area contributed by atoms with E-state index >= 15 is 0 Å². The second-order valence-electron chi connectivity index (χ2n) is 6.05. The van der Waals surface area contributed by atoms with E-state index < -0.39 is 0 Å². The van der Waals surface area contributed by atoms with E-state index in [4.69, 9.17) is 5.84 Å². The Kier molecular flexibility index (Phi) is 4.07. The molecular weight excluding hydrogens is 266 g/mol. The molecule has 0 spiro atoms. The van der Waals surface area contributed by atoms with Gasteiger partial charge in [0.25, 0.3) is 5.91 Å². The Balaban J connectivity index is 1.63. The minimum Gasteiger partial charge on any atom is -0.336 e. The molecule has 1 saturated carbocycles. The standard InChI is InChI=1S/C15H23N5O/c1-11-8-14(18-16)13(9-17-11)15(21)20-6-4-19(5-7-20)10-12-2-3-12/h8-9,12H,2-7,10,16H2,1H3,(H,17,18). The highest BCUT2D eigenvalue weighted by molar-refractivity contribution is 5.99. The summed E-state index contributed by atoms with van der Waals surface area (Å²) in [6, 6.07) is 1.80. The van der Waals surface area contributed by atoms with Crippen molar-refractivity contribution in [1.29, 1.82) is 0 Å². The van der Waals surface area contributed by atoms with Crippen molar-refractivity contribution in [1.82, 2.24) is 14.8 Å². The van der Waals surface area contributed by atoms with Gasteiger partial charge in [-0.1, -0.05) is 0 Å². The summed E-state index contributed by atoms with van der Waals surface area (Å²) in [4.78, 5) is 21.2. The van der Waals surface area contributed by atoms with E-state index in [9.17, 15) is 4.79 Å². The van der Waals surface area contributed by atoms with E-state index in [0.29, 0.717) is 11.3 Å². The minimum atomic E-state index is 0.0153. The van der Waals surface area contributed by atoms with E-state index in [1.807, 2.05) is 11.8 Å². The number of hydrogen-bond acceptors (Lipinski definition) is 5. The third-order valence-electron chi connectivity index (χ3n) is 4.30. The normalized spacial score (nSPS) is 19.6. The summed E-state index contributed by atoms with van der Waals surface area (Å²) in [5, 5.41) is 0. The van der Waals surface area contributed by atoms with Gasteiger partial charge < -0.3 is 10.3 Å². The maximum absolute atomic E-state index is 12.6. The highest BCUT2D eigenvalue weighted by atomic mass is 16.2. The molecule has 1 aromatic rings. The molecule has 0 atom stereocenters. The largest absolute Gasteiger partial charge is 0.336 e. The third-order valence-corrected chi connectivity index (χ3v) is 4.30. The molecule has 2 fully saturated rings. The summed E-state index contributed by atoms with van der Waals surface area (Å²) in [6.07, 6.45) is 4.36. The lowest BCUT2D eigenvalue weighted by Gasteiger charge is -2.35. The van der Waals surface area contributed by atoms with Gasteiger partial charge in [0.1, 0.15) is 0 Å². The summed E-state index contributed by atoms with van der Waals surface area (Å²) < 4.78 is 0. The Morgan fingerprint density at radius 1 is 1.38 bits per heavy atom. The molecule has 114 valence electrons. The number of hydrazine groups is 1. The zero-order valence-corrected chi connectivity index (χ0v) is 12.5. The lowest BCUT2D eigenvalue weighted by Crippen LogP contribution is -2.49. The third kappa shape index (κ3) is 3.33. The van der Waals surface area contributed by atoms with Crippen LogP contribution in [0.25, 0.3) is 0 Å². The maximum Gasteiger partial charge on any atom is 0.257 e. The van der Waals surface area contributed by atoms with Crippen LogP contribution >= 0.6 is 0 Å². The van der Waals surface area contributed by atoms with Crippen molar-refractivity contribution in [2.24, 2.45) is 11.8 Å². The maximum atomic E-state index is 12.6. The molecule has 3 rings (SSSR count). The van der Waals surface area contributed by atoms with Crippen LogP contribution in [0.3, 0.4) is 0 Å². The van der Waals surface area contributed by atoms with Crippen molar-refractivity contribution in [3.63, 3.8) is 0 Å². The number of carbonyl (C=O) groups is 1. The van der Waals surface area contributed by atoms with E-state index in [1.165, 1.54) is 19.4 Å². The van der Waals surface area contributed by atoms with Gasteiger partial charge in [0.2, 0.25) is 0 Å². The Morgan fingerprint density at radius 3 is 2.71 bits per heavy atom. The summed E-state index contributed by atoms with van der Waals surface area (Å²) >= 11 is 0. The summed E-state index contributed by atoms with van der Waals surface area (Å²) in [7, 11) is 0. The fourth-order valence-electron chi connectivity index (χ4n) is 2.82. The average molecular weight is 289 g/mol. The number of rotatable bonds is 4. The second-order valence-corrected chi connectivity index (χ2v) is 6.05. The number of hydrogen-bond donors (Lipinski definition) is 2. The van der Waals surface area contributed by atoms with Gasteiger partial charge in [-0.15, -0.1) is 0 Å². The lowest BCUT2D eigenvalue weighted by atomic mass is 10.1. The number of anilines is 1. The first kappa shape index (κ1) is 14.3. The van der Waals surface area contributed by atoms with Crippen molar-refractivity contribution >= 4 is 11.6 Å². The summed E-state index contributed by atoms with van der Waals surface area (Å²) in [5.41, 5.74) is 4.64. The molecule has 0 aromatic carbocycles. The first-order valence-electron chi connectivity index (χ1n) is 7.62. The van der Waals surface area contributed by atoms with E-state index in [0.717, 1.165) is 37.8 Å². The molecule has 3 N–H and O–H groups in total. The first-order valence-corrected chi connectivity index (χ1v) is 7.62. The van der Waals surface area contributed by atoms with Gasteiger partial charge in [0, 0.05) is 44.6 Å². The van der Waals surface area contributed by atoms with Crippen molar-refractivity contribution in [2.75, 3.05) is 38.1 Å². The zero-order valence-electron chi connectivity index (χ0n) is 12.5. The van der Waals surface area contributed by atoms with Gasteiger partial charge in [-0.2, -0.15) is 0 Å². The summed E-state index contributed by atoms with van der Waals surface area (Å²) in [5.74, 6) is 6.43. The SMILES string of the molecule is Cc1cc(NN)c(C(=O)N2CCN(CC3CC3)CC2)cn1. The molecule has 0 radical (unpaired) electrons. The minimum absolute atomic E-state index is 0.0153. The van der Waals surface area contributed by atoms with Crippen molar-refractivity contribution < 1.29 is 4.79 Å². The predicted octanol–water partition coefficient (Wildman–Crippen LogP) is 0.843. The van der Waals surface area contributed by atoms with Crippen LogP contribution in [0.1, 0.15) is 28.9 Å². The van der Waals surface area contributed by atoms with Gasteiger partial charge >= 0.3 is 0 Å². The Bertz CT molecular complexity index is 521. The molecule has 6 heteroatoms. The topological polar surface area (TPSA) is 74.5 Å². The molecule has 0 bridgehead atoms. The average Bonchev–Trinajstić information content (AvgIpc) is 3.31. The van der Waals surface area contributed by atoms with E-state index in [2.05, 4.69) is 15.3 Å². The number of pyridine rings is 1. The van der Waals surface area contributed by atoms with E-state index in [-0.39, 0.29) is 5.91 Å². The van der Waals surface area contributed by atoms with Gasteiger partial charge in [-0.25, -0.2) is 0 Å². The van der Waals surface area contributed by atoms with Crippen LogP contribution < -0.4 is 11.3 Å². The highest BCUT2D eigenvalue weighted by Gasteiger charge is 2.28. The molecule has 1 aromatic heterocycles. The molecule has 6 nitrogen and oxygen atoms in total. The van der Waals surface area contributed by atoms with Crippen LogP contribution in [0.15, 0.2) is 12.3 Å². The van der Waals surface area contributed by atoms with Crippen LogP contribution in [0.2, 0.25) is 0 Å². The molecule has 1 aliphatic carbocycles. The number of aromatic nitrogens is 1. The fourth-order valence-corrected chi connectivity index (χ4v) is 2.82. The van der Waals surface area contributed by atoms with Crippen LogP contribution in [0.4, 0.5) is 5.69 Å². The number of nitrogens with zero attached hydrogens (tertiary/aromatic N) is 3. The van der Waals surface area contributed by atoms with Crippen molar-refractivity contribution in [2.45, 2.75) is 19.8 Å². The lowest BCUT2D eigenvalue weighted by molar-refractivity contribution is 0.0632.